The van der Waals surface area contributed by atoms with Crippen LogP contribution in [-0.2, 0) is 6.54 Å². The first-order valence-electron chi connectivity index (χ1n) is 7.97. The standard InChI is InChI=1S/C19H25N3O.HI/c1-4-23-18-10-5-7-15(11-18)13-21-19(20)22-17-9-6-8-16(12-17)14(2)3;/h5-12,14H,4,13H2,1-3H3,(H3,20,21,22);1H. The van der Waals surface area contributed by atoms with Gasteiger partial charge in [-0.2, -0.15) is 0 Å². The minimum Gasteiger partial charge on any atom is -0.494 e. The maximum absolute atomic E-state index is 5.98. The van der Waals surface area contributed by atoms with Crippen molar-refractivity contribution >= 4 is 35.6 Å². The molecule has 2 aromatic carbocycles. The summed E-state index contributed by atoms with van der Waals surface area (Å²) in [5.74, 6) is 1.75. The molecule has 0 unspecified atom stereocenters. The van der Waals surface area contributed by atoms with Gasteiger partial charge in [-0.3, -0.25) is 0 Å². The summed E-state index contributed by atoms with van der Waals surface area (Å²) in [5, 5.41) is 3.14. The Hall–Kier alpha value is -1.76. The van der Waals surface area contributed by atoms with E-state index in [4.69, 9.17) is 10.5 Å². The van der Waals surface area contributed by atoms with Crippen LogP contribution in [0.1, 0.15) is 37.8 Å². The highest BCUT2D eigenvalue weighted by Gasteiger charge is 2.01. The predicted octanol–water partition coefficient (Wildman–Crippen LogP) is 4.75. The minimum absolute atomic E-state index is 0. The number of nitrogens with zero attached hydrogens (tertiary/aromatic N) is 1. The highest BCUT2D eigenvalue weighted by atomic mass is 127. The number of nitrogens with two attached hydrogens (primary N) is 1. The number of hydrogen-bond donors (Lipinski definition) is 2. The third kappa shape index (κ3) is 6.39. The number of anilines is 1. The molecule has 130 valence electrons. The van der Waals surface area contributed by atoms with Crippen LogP contribution >= 0.6 is 24.0 Å². The summed E-state index contributed by atoms with van der Waals surface area (Å²) in [6.07, 6.45) is 0. The Kier molecular flexibility index (Phi) is 8.60. The molecule has 0 atom stereocenters. The zero-order chi connectivity index (χ0) is 16.7. The van der Waals surface area contributed by atoms with Gasteiger partial charge < -0.3 is 15.8 Å². The van der Waals surface area contributed by atoms with Crippen molar-refractivity contribution in [1.29, 1.82) is 0 Å². The maximum atomic E-state index is 5.98. The van der Waals surface area contributed by atoms with E-state index in [1.807, 2.05) is 43.3 Å². The summed E-state index contributed by atoms with van der Waals surface area (Å²) in [4.78, 5) is 4.39. The molecule has 3 N–H and O–H groups in total. The van der Waals surface area contributed by atoms with Crippen molar-refractivity contribution in [1.82, 2.24) is 0 Å². The lowest BCUT2D eigenvalue weighted by Gasteiger charge is -2.10. The van der Waals surface area contributed by atoms with Crippen LogP contribution in [0.25, 0.3) is 0 Å². The van der Waals surface area contributed by atoms with Crippen LogP contribution in [0.2, 0.25) is 0 Å². The molecule has 0 aliphatic carbocycles. The minimum atomic E-state index is 0. The van der Waals surface area contributed by atoms with E-state index in [0.29, 0.717) is 25.0 Å². The Morgan fingerprint density at radius 3 is 2.62 bits per heavy atom. The number of aliphatic imine (C=N–C) groups is 1. The quantitative estimate of drug-likeness (QED) is 0.388. The van der Waals surface area contributed by atoms with Gasteiger partial charge in [0.05, 0.1) is 13.2 Å². The second-order valence-electron chi connectivity index (χ2n) is 5.69. The molecule has 4 nitrogen and oxygen atoms in total. The smallest absolute Gasteiger partial charge is 0.193 e. The van der Waals surface area contributed by atoms with E-state index < -0.39 is 0 Å². The fourth-order valence-electron chi connectivity index (χ4n) is 2.24. The largest absolute Gasteiger partial charge is 0.494 e. The lowest BCUT2D eigenvalue weighted by atomic mass is 10.0. The van der Waals surface area contributed by atoms with Gasteiger partial charge in [-0.05, 0) is 48.2 Å². The first-order chi connectivity index (χ1) is 11.1. The van der Waals surface area contributed by atoms with Gasteiger partial charge in [0.1, 0.15) is 5.75 Å². The van der Waals surface area contributed by atoms with Crippen molar-refractivity contribution in [3.05, 3.63) is 59.7 Å². The van der Waals surface area contributed by atoms with Gasteiger partial charge in [0, 0.05) is 5.69 Å². The highest BCUT2D eigenvalue weighted by Crippen LogP contribution is 2.18. The molecule has 0 saturated carbocycles. The number of halogens is 1. The number of nitrogens with one attached hydrogen (secondary N) is 1. The van der Waals surface area contributed by atoms with Gasteiger partial charge in [-0.25, -0.2) is 4.99 Å². The summed E-state index contributed by atoms with van der Waals surface area (Å²) < 4.78 is 5.49. The van der Waals surface area contributed by atoms with Crippen molar-refractivity contribution in [2.24, 2.45) is 10.7 Å². The van der Waals surface area contributed by atoms with Crippen LogP contribution in [0.15, 0.2) is 53.5 Å². The van der Waals surface area contributed by atoms with E-state index in [1.165, 1.54) is 5.56 Å². The molecule has 24 heavy (non-hydrogen) atoms. The summed E-state index contributed by atoms with van der Waals surface area (Å²) in [6, 6.07) is 16.1. The van der Waals surface area contributed by atoms with Crippen molar-refractivity contribution in [2.45, 2.75) is 33.2 Å². The Balaban J connectivity index is 0.00000288. The van der Waals surface area contributed by atoms with Gasteiger partial charge in [-0.1, -0.05) is 38.1 Å². The second kappa shape index (κ2) is 10.2. The van der Waals surface area contributed by atoms with Gasteiger partial charge in [-0.15, -0.1) is 24.0 Å². The van der Waals surface area contributed by atoms with Gasteiger partial charge in [0.2, 0.25) is 0 Å². The molecular weight excluding hydrogens is 413 g/mol. The summed E-state index contributed by atoms with van der Waals surface area (Å²) in [6.45, 7) is 7.48. The van der Waals surface area contributed by atoms with E-state index >= 15 is 0 Å². The summed E-state index contributed by atoms with van der Waals surface area (Å²) in [5.41, 5.74) is 9.28. The molecule has 0 spiro atoms. The van der Waals surface area contributed by atoms with Crippen molar-refractivity contribution in [3.8, 4) is 5.75 Å². The van der Waals surface area contributed by atoms with Crippen LogP contribution in [0.5, 0.6) is 5.75 Å². The molecule has 0 bridgehead atoms. The third-order valence-corrected chi connectivity index (χ3v) is 3.47. The fraction of sp³-hybridized carbons (Fsp3) is 0.316. The average molecular weight is 439 g/mol. The Morgan fingerprint density at radius 1 is 1.17 bits per heavy atom. The van der Waals surface area contributed by atoms with E-state index in [1.54, 1.807) is 0 Å². The molecule has 0 fully saturated rings. The molecule has 0 amide bonds. The van der Waals surface area contributed by atoms with Crippen molar-refractivity contribution < 1.29 is 4.74 Å². The van der Waals surface area contributed by atoms with Crippen LogP contribution in [0.4, 0.5) is 5.69 Å². The zero-order valence-electron chi connectivity index (χ0n) is 14.5. The lowest BCUT2D eigenvalue weighted by molar-refractivity contribution is 0.340. The molecule has 5 heteroatoms. The highest BCUT2D eigenvalue weighted by molar-refractivity contribution is 14.0. The topological polar surface area (TPSA) is 59.6 Å². The predicted molar refractivity (Wildman–Crippen MR) is 113 cm³/mol. The normalized spacial score (nSPS) is 11.1. The molecule has 0 aromatic heterocycles. The molecule has 2 rings (SSSR count). The Bertz CT molecular complexity index is 671. The lowest BCUT2D eigenvalue weighted by Crippen LogP contribution is -2.22. The van der Waals surface area contributed by atoms with Crippen LogP contribution in [0.3, 0.4) is 0 Å². The van der Waals surface area contributed by atoms with Crippen molar-refractivity contribution in [2.75, 3.05) is 11.9 Å². The number of guanidine groups is 1. The van der Waals surface area contributed by atoms with E-state index in [2.05, 4.69) is 36.3 Å². The van der Waals surface area contributed by atoms with Gasteiger partial charge in [0.25, 0.3) is 0 Å². The van der Waals surface area contributed by atoms with E-state index in [9.17, 15) is 0 Å². The number of hydrogen-bond acceptors (Lipinski definition) is 2. The summed E-state index contributed by atoms with van der Waals surface area (Å²) >= 11 is 0. The molecular formula is C19H26IN3O. The second-order valence-corrected chi connectivity index (χ2v) is 5.69. The van der Waals surface area contributed by atoms with Gasteiger partial charge >= 0.3 is 0 Å². The van der Waals surface area contributed by atoms with Gasteiger partial charge in [0.15, 0.2) is 5.96 Å². The first-order valence-corrected chi connectivity index (χ1v) is 7.97. The zero-order valence-corrected chi connectivity index (χ0v) is 16.8. The van der Waals surface area contributed by atoms with Crippen LogP contribution < -0.4 is 15.8 Å². The first kappa shape index (κ1) is 20.3. The number of benzene rings is 2. The molecule has 0 aliphatic heterocycles. The van der Waals surface area contributed by atoms with Crippen LogP contribution in [-0.4, -0.2) is 12.6 Å². The van der Waals surface area contributed by atoms with Crippen LogP contribution in [0, 0.1) is 0 Å². The summed E-state index contributed by atoms with van der Waals surface area (Å²) in [7, 11) is 0. The molecule has 2 aromatic rings. The number of ether oxygens (including phenoxy) is 1. The maximum Gasteiger partial charge on any atom is 0.193 e. The molecule has 0 saturated heterocycles. The number of rotatable bonds is 6. The van der Waals surface area contributed by atoms with Crippen molar-refractivity contribution in [3.63, 3.8) is 0 Å². The molecule has 0 aliphatic rings. The monoisotopic (exact) mass is 439 g/mol. The third-order valence-electron chi connectivity index (χ3n) is 3.47. The Morgan fingerprint density at radius 2 is 1.92 bits per heavy atom. The average Bonchev–Trinajstić information content (AvgIpc) is 2.54. The fourth-order valence-corrected chi connectivity index (χ4v) is 2.24. The Labute approximate surface area is 161 Å². The SMILES string of the molecule is CCOc1cccc(CN=C(N)Nc2cccc(C(C)C)c2)c1.I. The molecule has 0 radical (unpaired) electrons. The van der Waals surface area contributed by atoms with E-state index in [0.717, 1.165) is 17.0 Å². The van der Waals surface area contributed by atoms with E-state index in [-0.39, 0.29) is 24.0 Å². The molecule has 0 heterocycles.